The van der Waals surface area contributed by atoms with Crippen molar-refractivity contribution in [3.63, 3.8) is 0 Å². The molecule has 1 aromatic heterocycles. The number of carbonyl (C=O) groups excluding carboxylic acids is 1. The number of rotatable bonds is 5. The van der Waals surface area contributed by atoms with E-state index in [1.54, 1.807) is 0 Å². The third-order valence-corrected chi connectivity index (χ3v) is 8.76. The molecule has 7 saturated carbocycles. The molecule has 0 saturated heterocycles. The number of amides is 2. The van der Waals surface area contributed by atoms with E-state index in [1.165, 1.54) is 4.90 Å². The van der Waals surface area contributed by atoms with Crippen LogP contribution >= 0.6 is 0 Å². The van der Waals surface area contributed by atoms with E-state index in [9.17, 15) is 27.9 Å². The highest BCUT2D eigenvalue weighted by Gasteiger charge is 2.75. The molecule has 7 aliphatic rings. The Bertz CT molecular complexity index is 1090. The van der Waals surface area contributed by atoms with Gasteiger partial charge >= 0.3 is 12.5 Å². The summed E-state index contributed by atoms with van der Waals surface area (Å²) in [5.41, 5.74) is 5.13. The summed E-state index contributed by atoms with van der Waals surface area (Å²) < 4.78 is 47.3. The molecule has 0 radical (unpaired) electrons. The van der Waals surface area contributed by atoms with Crippen LogP contribution in [0.3, 0.4) is 0 Å². The molecule has 4 bridgehead atoms. The average Bonchev–Trinajstić information content (AvgIpc) is 3.11. The fourth-order valence-electron chi connectivity index (χ4n) is 7.36. The Morgan fingerprint density at radius 2 is 1.59 bits per heavy atom. The van der Waals surface area contributed by atoms with E-state index in [-0.39, 0.29) is 41.1 Å². The van der Waals surface area contributed by atoms with Crippen LogP contribution in [0.15, 0.2) is 4.42 Å². The number of nitrogens with one attached hydrogen (secondary N) is 1. The van der Waals surface area contributed by atoms with E-state index >= 15 is 0 Å². The molecule has 206 valence electrons. The number of halogens is 3. The molecule has 8 rings (SSSR count). The molecule has 11 nitrogen and oxygen atoms in total. The maximum Gasteiger partial charge on any atom is 0.523 e. The van der Waals surface area contributed by atoms with Crippen LogP contribution in [0.5, 0.6) is 0 Å². The Morgan fingerprint density at radius 1 is 1.05 bits per heavy atom. The number of aromatic nitrogens is 2. The topological polar surface area (TPSA) is 170 Å². The van der Waals surface area contributed by atoms with Gasteiger partial charge < -0.3 is 15.3 Å². The lowest BCUT2D eigenvalue weighted by Gasteiger charge is -2.73. The molecule has 0 spiro atoms. The third-order valence-electron chi connectivity index (χ3n) is 8.76. The molecule has 0 aromatic carbocycles. The van der Waals surface area contributed by atoms with Gasteiger partial charge in [0.2, 0.25) is 17.7 Å². The van der Waals surface area contributed by atoms with Gasteiger partial charge in [0.05, 0.1) is 10.8 Å². The monoisotopic (exact) mass is 530 g/mol. The largest absolute Gasteiger partial charge is 0.523 e. The summed E-state index contributed by atoms with van der Waals surface area (Å²) in [6.07, 6.45) is -0.370. The first-order valence-corrected chi connectivity index (χ1v) is 12.4. The molecular formula is C23H33F3N6O5. The third kappa shape index (κ3) is 3.90. The second kappa shape index (κ2) is 7.56. The summed E-state index contributed by atoms with van der Waals surface area (Å²) in [5.74, 6) is 5.32. The molecular weight excluding hydrogens is 497 g/mol. The summed E-state index contributed by atoms with van der Waals surface area (Å²) in [4.78, 5) is 24.4. The van der Waals surface area contributed by atoms with Gasteiger partial charge in [0.25, 0.3) is 0 Å². The van der Waals surface area contributed by atoms with Crippen molar-refractivity contribution in [2.75, 3.05) is 0 Å². The first-order chi connectivity index (χ1) is 16.9. The van der Waals surface area contributed by atoms with Crippen molar-refractivity contribution in [1.82, 2.24) is 20.5 Å². The molecule has 0 aliphatic heterocycles. The Kier molecular flexibility index (Phi) is 5.35. The Hall–Kier alpha value is -2.45. The maximum atomic E-state index is 12.5. The van der Waals surface area contributed by atoms with Gasteiger partial charge in [-0.1, -0.05) is 0 Å². The van der Waals surface area contributed by atoms with Gasteiger partial charge in [-0.25, -0.2) is 10.6 Å². The van der Waals surface area contributed by atoms with Crippen molar-refractivity contribution >= 4 is 12.0 Å². The van der Waals surface area contributed by atoms with E-state index in [4.69, 9.17) is 16.0 Å². The Labute approximate surface area is 211 Å². The van der Waals surface area contributed by atoms with Crippen LogP contribution in [-0.4, -0.2) is 55.2 Å². The van der Waals surface area contributed by atoms with Gasteiger partial charge in [-0.05, 0) is 78.6 Å². The summed E-state index contributed by atoms with van der Waals surface area (Å²) >= 11 is 0. The molecule has 0 unspecified atom stereocenters. The molecule has 1 heterocycles. The summed E-state index contributed by atoms with van der Waals surface area (Å²) in [6, 6.07) is 0. The van der Waals surface area contributed by atoms with Crippen molar-refractivity contribution in [1.29, 1.82) is 0 Å². The van der Waals surface area contributed by atoms with E-state index in [0.29, 0.717) is 31.6 Å². The maximum absolute atomic E-state index is 12.5. The van der Waals surface area contributed by atoms with Crippen LogP contribution in [0, 0.1) is 5.41 Å². The summed E-state index contributed by atoms with van der Waals surface area (Å²) in [5, 5.41) is 17.1. The smallest absolute Gasteiger partial charge is 0.465 e. The number of hydrogen-bond acceptors (Lipinski definition) is 8. The molecule has 7 aliphatic carbocycles. The number of carbonyl (C=O) groups is 2. The van der Waals surface area contributed by atoms with Crippen LogP contribution in [0.4, 0.5) is 18.0 Å². The van der Waals surface area contributed by atoms with E-state index in [1.807, 2.05) is 20.8 Å². The highest BCUT2D eigenvalue weighted by molar-refractivity contribution is 5.87. The first kappa shape index (κ1) is 26.2. The zero-order chi connectivity index (χ0) is 27.3. The van der Waals surface area contributed by atoms with Crippen LogP contribution in [0.2, 0.25) is 0 Å². The number of hydrogen-bond donors (Lipinski definition) is 4. The van der Waals surface area contributed by atoms with Gasteiger partial charge in [-0.15, -0.1) is 23.4 Å². The molecule has 2 amide bonds. The molecule has 6 N–H and O–H groups in total. The predicted molar refractivity (Wildman–Crippen MR) is 120 cm³/mol. The van der Waals surface area contributed by atoms with Crippen molar-refractivity contribution < 1.29 is 37.0 Å². The van der Waals surface area contributed by atoms with Gasteiger partial charge in [-0.3, -0.25) is 19.9 Å². The minimum Gasteiger partial charge on any atom is -0.465 e. The Morgan fingerprint density at radius 3 is 1.97 bits per heavy atom. The van der Waals surface area contributed by atoms with Crippen molar-refractivity contribution in [2.45, 2.75) is 113 Å². The van der Waals surface area contributed by atoms with Crippen molar-refractivity contribution in [3.05, 3.63) is 11.8 Å². The predicted octanol–water partition coefficient (Wildman–Crippen LogP) is 2.80. The highest BCUT2D eigenvalue weighted by atomic mass is 19.4. The normalized spacial score (nSPS) is 36.2. The lowest BCUT2D eigenvalue weighted by atomic mass is 9.38. The minimum absolute atomic E-state index is 0.0492. The standard InChI is InChI=1S/C12H14F3N3O2.C11H19N3O3/c13-12(14,15)20-11(2-1-3-11)8-18-17-7(19-8)9-4-10(16,5-9)6-9;1-9(2,3)14(8(16)17)11-4-10(5-11,6-11)7(15)13-12/h1-6,16H2;4-6,12H2,1-3H3,(H,13,15)(H,16,17). The van der Waals surface area contributed by atoms with E-state index < -0.39 is 29.0 Å². The van der Waals surface area contributed by atoms with Crippen molar-refractivity contribution in [3.8, 4) is 0 Å². The number of nitrogens with two attached hydrogens (primary N) is 2. The molecule has 7 fully saturated rings. The molecule has 1 aromatic rings. The summed E-state index contributed by atoms with van der Waals surface area (Å²) in [7, 11) is 0. The van der Waals surface area contributed by atoms with Crippen LogP contribution in [-0.2, 0) is 20.5 Å². The highest BCUT2D eigenvalue weighted by Crippen LogP contribution is 2.71. The zero-order valence-corrected chi connectivity index (χ0v) is 21.1. The summed E-state index contributed by atoms with van der Waals surface area (Å²) in [6.45, 7) is 5.62. The molecule has 37 heavy (non-hydrogen) atoms. The second-order valence-electron chi connectivity index (χ2n) is 12.8. The van der Waals surface area contributed by atoms with Gasteiger partial charge in [0.1, 0.15) is 0 Å². The average molecular weight is 531 g/mol. The zero-order valence-electron chi connectivity index (χ0n) is 21.1. The molecule has 14 heteroatoms. The van der Waals surface area contributed by atoms with Crippen LogP contribution in [0.1, 0.15) is 90.3 Å². The molecule has 0 atom stereocenters. The Balaban J connectivity index is 0.000000154. The minimum atomic E-state index is -4.70. The van der Waals surface area contributed by atoms with E-state index in [0.717, 1.165) is 19.3 Å². The van der Waals surface area contributed by atoms with E-state index in [2.05, 4.69) is 20.4 Å². The fourth-order valence-corrected chi connectivity index (χ4v) is 7.36. The lowest BCUT2D eigenvalue weighted by molar-refractivity contribution is -0.387. The van der Waals surface area contributed by atoms with Crippen molar-refractivity contribution in [2.24, 2.45) is 17.0 Å². The quantitative estimate of drug-likeness (QED) is 0.254. The van der Waals surface area contributed by atoms with Crippen LogP contribution < -0.4 is 17.0 Å². The lowest BCUT2D eigenvalue weighted by Crippen LogP contribution is -2.81. The SMILES string of the molecule is CC(C)(C)N(C(=O)O)C12CC(C(=O)NN)(C1)C2.NC12CC(c3nnc(C4(OC(F)(F)F)CCC4)o3)(C1)C2. The van der Waals surface area contributed by atoms with Gasteiger partial charge in [0, 0.05) is 16.6 Å². The fraction of sp³-hybridized carbons (Fsp3) is 0.826. The van der Waals surface area contributed by atoms with Crippen LogP contribution in [0.25, 0.3) is 0 Å². The second-order valence-corrected chi connectivity index (χ2v) is 12.8. The number of alkyl halides is 3. The number of hydrazine groups is 1. The number of carboxylic acid groups (broad SMARTS) is 1. The number of ether oxygens (including phenoxy) is 1. The van der Waals surface area contributed by atoms with Gasteiger partial charge in [-0.2, -0.15) is 0 Å². The number of nitrogens with zero attached hydrogens (tertiary/aromatic N) is 3. The van der Waals surface area contributed by atoms with Gasteiger partial charge in [0.15, 0.2) is 5.60 Å². The first-order valence-electron chi connectivity index (χ1n) is 12.4.